The zero-order chi connectivity index (χ0) is 14.1. The second-order valence-electron chi connectivity index (χ2n) is 6.63. The van der Waals surface area contributed by atoms with Crippen LogP contribution in [0.5, 0.6) is 0 Å². The summed E-state index contributed by atoms with van der Waals surface area (Å²) in [7, 11) is 0. The Hall–Kier alpha value is -1.36. The molecule has 5 nitrogen and oxygen atoms in total. The minimum Gasteiger partial charge on any atom is -0.394 e. The average Bonchev–Trinajstić information content (AvgIpc) is 2.79. The van der Waals surface area contributed by atoms with E-state index in [-0.39, 0.29) is 23.6 Å². The summed E-state index contributed by atoms with van der Waals surface area (Å²) in [6, 6.07) is 1.53. The molecule has 106 valence electrons. The van der Waals surface area contributed by atoms with E-state index in [2.05, 4.69) is 35.8 Å². The van der Waals surface area contributed by atoms with Crippen molar-refractivity contribution in [3.63, 3.8) is 0 Å². The number of carbonyl (C=O) groups is 1. The molecule has 1 heterocycles. The fourth-order valence-electron chi connectivity index (χ4n) is 3.63. The highest BCUT2D eigenvalue weighted by Gasteiger charge is 2.43. The average molecular weight is 266 g/mol. The van der Waals surface area contributed by atoms with Crippen LogP contribution < -0.4 is 5.32 Å². The van der Waals surface area contributed by atoms with Gasteiger partial charge in [-0.2, -0.15) is 0 Å². The molecule has 1 saturated carbocycles. The van der Waals surface area contributed by atoms with Crippen molar-refractivity contribution in [2.24, 2.45) is 11.3 Å². The molecule has 5 heteroatoms. The van der Waals surface area contributed by atoms with Crippen LogP contribution in [-0.2, 0) is 0 Å². The first-order valence-corrected chi connectivity index (χ1v) is 6.70. The minimum absolute atomic E-state index is 0.0512. The summed E-state index contributed by atoms with van der Waals surface area (Å²) in [5.41, 5.74) is -0.196. The number of aliphatic hydroxyl groups is 1. The van der Waals surface area contributed by atoms with Crippen molar-refractivity contribution in [2.45, 2.75) is 45.6 Å². The Morgan fingerprint density at radius 2 is 2.32 bits per heavy atom. The molecular formula is C14H22N2O3. The second-order valence-corrected chi connectivity index (χ2v) is 6.63. The third-order valence-electron chi connectivity index (χ3n) is 3.81. The van der Waals surface area contributed by atoms with Gasteiger partial charge in [-0.15, -0.1) is 0 Å². The molecule has 0 unspecified atom stereocenters. The van der Waals surface area contributed by atoms with Crippen LogP contribution in [0.3, 0.4) is 0 Å². The van der Waals surface area contributed by atoms with Gasteiger partial charge in [-0.1, -0.05) is 25.9 Å². The summed E-state index contributed by atoms with van der Waals surface area (Å²) in [6.45, 7) is 6.46. The summed E-state index contributed by atoms with van der Waals surface area (Å²) < 4.78 is 4.68. The van der Waals surface area contributed by atoms with Gasteiger partial charge in [0.2, 0.25) is 0 Å². The number of rotatable bonds is 3. The van der Waals surface area contributed by atoms with Crippen molar-refractivity contribution in [1.29, 1.82) is 0 Å². The Morgan fingerprint density at radius 1 is 1.58 bits per heavy atom. The van der Waals surface area contributed by atoms with Gasteiger partial charge in [0, 0.05) is 6.07 Å². The Labute approximate surface area is 113 Å². The zero-order valence-corrected chi connectivity index (χ0v) is 11.8. The molecule has 2 atom stereocenters. The third kappa shape index (κ3) is 3.15. The van der Waals surface area contributed by atoms with Gasteiger partial charge in [0.1, 0.15) is 6.26 Å². The number of hydrogen-bond acceptors (Lipinski definition) is 4. The van der Waals surface area contributed by atoms with Crippen LogP contribution >= 0.6 is 0 Å². The van der Waals surface area contributed by atoms with Crippen LogP contribution in [0.2, 0.25) is 0 Å². The van der Waals surface area contributed by atoms with Crippen LogP contribution in [0.15, 0.2) is 16.9 Å². The number of nitrogens with zero attached hydrogens (tertiary/aromatic N) is 1. The van der Waals surface area contributed by atoms with Gasteiger partial charge < -0.3 is 14.9 Å². The molecule has 1 fully saturated rings. The van der Waals surface area contributed by atoms with Crippen molar-refractivity contribution < 1.29 is 14.4 Å². The van der Waals surface area contributed by atoms with E-state index in [0.29, 0.717) is 5.92 Å². The summed E-state index contributed by atoms with van der Waals surface area (Å²) >= 11 is 0. The van der Waals surface area contributed by atoms with Gasteiger partial charge in [0.15, 0.2) is 5.69 Å². The molecular weight excluding hydrogens is 244 g/mol. The lowest BCUT2D eigenvalue weighted by atomic mass is 9.64. The number of nitrogens with one attached hydrogen (secondary N) is 1. The number of hydrogen-bond donors (Lipinski definition) is 2. The highest BCUT2D eigenvalue weighted by molar-refractivity contribution is 5.92. The maximum Gasteiger partial charge on any atom is 0.273 e. The fourth-order valence-corrected chi connectivity index (χ4v) is 3.63. The summed E-state index contributed by atoms with van der Waals surface area (Å²) in [5.74, 6) is 0.182. The molecule has 0 aromatic carbocycles. The zero-order valence-electron chi connectivity index (χ0n) is 11.8. The van der Waals surface area contributed by atoms with E-state index in [1.807, 2.05) is 0 Å². The summed E-state index contributed by atoms with van der Waals surface area (Å²) in [4.78, 5) is 12.1. The van der Waals surface area contributed by atoms with Gasteiger partial charge >= 0.3 is 0 Å². The number of aliphatic hydroxyl groups excluding tert-OH is 1. The van der Waals surface area contributed by atoms with E-state index in [1.54, 1.807) is 0 Å². The molecule has 1 aliphatic rings. The van der Waals surface area contributed by atoms with Crippen molar-refractivity contribution >= 4 is 5.91 Å². The SMILES string of the molecule is C[C@H]1CC(C)(C)C[C@@](CO)(NC(=O)c2ccon2)C1. The molecule has 19 heavy (non-hydrogen) atoms. The van der Waals surface area contributed by atoms with E-state index in [1.165, 1.54) is 12.3 Å². The molecule has 0 radical (unpaired) electrons. The van der Waals surface area contributed by atoms with Crippen LogP contribution in [0.1, 0.15) is 50.5 Å². The van der Waals surface area contributed by atoms with Crippen molar-refractivity contribution in [3.8, 4) is 0 Å². The molecule has 2 rings (SSSR count). The van der Waals surface area contributed by atoms with Crippen LogP contribution in [0.25, 0.3) is 0 Å². The number of amides is 1. The first-order valence-electron chi connectivity index (χ1n) is 6.70. The molecule has 0 bridgehead atoms. The van der Waals surface area contributed by atoms with Gasteiger partial charge in [0.05, 0.1) is 12.1 Å². The molecule has 1 aromatic rings. The van der Waals surface area contributed by atoms with E-state index >= 15 is 0 Å². The van der Waals surface area contributed by atoms with E-state index in [0.717, 1.165) is 19.3 Å². The molecule has 2 N–H and O–H groups in total. The monoisotopic (exact) mass is 266 g/mol. The lowest BCUT2D eigenvalue weighted by Gasteiger charge is -2.47. The molecule has 0 aliphatic heterocycles. The smallest absolute Gasteiger partial charge is 0.273 e. The van der Waals surface area contributed by atoms with E-state index in [9.17, 15) is 9.90 Å². The second kappa shape index (κ2) is 4.96. The van der Waals surface area contributed by atoms with Crippen molar-refractivity contribution in [2.75, 3.05) is 6.61 Å². The standard InChI is InChI=1S/C14H22N2O3/c1-10-6-13(2,3)8-14(7-10,9-17)15-12(18)11-4-5-19-16-11/h4-5,10,17H,6-9H2,1-3H3,(H,15,18)/t10-,14-/m0/s1. The van der Waals surface area contributed by atoms with E-state index in [4.69, 9.17) is 0 Å². The quantitative estimate of drug-likeness (QED) is 0.877. The first-order chi connectivity index (χ1) is 8.86. The molecule has 1 aromatic heterocycles. The van der Waals surface area contributed by atoms with Gasteiger partial charge in [-0.3, -0.25) is 4.79 Å². The maximum absolute atomic E-state index is 12.1. The van der Waals surface area contributed by atoms with Gasteiger partial charge in [-0.25, -0.2) is 0 Å². The lowest BCUT2D eigenvalue weighted by Crippen LogP contribution is -2.57. The Morgan fingerprint density at radius 3 is 2.84 bits per heavy atom. The van der Waals surface area contributed by atoms with Gasteiger partial charge in [-0.05, 0) is 30.6 Å². The van der Waals surface area contributed by atoms with Gasteiger partial charge in [0.25, 0.3) is 5.91 Å². The molecule has 1 aliphatic carbocycles. The summed E-state index contributed by atoms with van der Waals surface area (Å²) in [5, 5.41) is 16.4. The first kappa shape index (κ1) is 14.1. The summed E-state index contributed by atoms with van der Waals surface area (Å²) in [6.07, 6.45) is 4.03. The minimum atomic E-state index is -0.558. The number of aromatic nitrogens is 1. The van der Waals surface area contributed by atoms with Crippen LogP contribution in [-0.4, -0.2) is 28.3 Å². The Bertz CT molecular complexity index is 442. The fraction of sp³-hybridized carbons (Fsp3) is 0.714. The number of carbonyl (C=O) groups excluding carboxylic acids is 1. The van der Waals surface area contributed by atoms with Crippen molar-refractivity contribution in [1.82, 2.24) is 10.5 Å². The third-order valence-corrected chi connectivity index (χ3v) is 3.81. The topological polar surface area (TPSA) is 75.4 Å². The van der Waals surface area contributed by atoms with Crippen molar-refractivity contribution in [3.05, 3.63) is 18.0 Å². The highest BCUT2D eigenvalue weighted by atomic mass is 16.5. The molecule has 1 amide bonds. The Kier molecular flexibility index (Phi) is 3.67. The highest BCUT2D eigenvalue weighted by Crippen LogP contribution is 2.43. The lowest BCUT2D eigenvalue weighted by molar-refractivity contribution is 0.0331. The maximum atomic E-state index is 12.1. The largest absolute Gasteiger partial charge is 0.394 e. The van der Waals surface area contributed by atoms with Crippen LogP contribution in [0, 0.1) is 11.3 Å². The molecule has 0 spiro atoms. The van der Waals surface area contributed by atoms with E-state index < -0.39 is 5.54 Å². The molecule has 0 saturated heterocycles. The predicted octanol–water partition coefficient (Wildman–Crippen LogP) is 1.98. The normalized spacial score (nSPS) is 30.0. The predicted molar refractivity (Wildman–Crippen MR) is 70.6 cm³/mol. The van der Waals surface area contributed by atoms with Crippen LogP contribution in [0.4, 0.5) is 0 Å². The Balaban J connectivity index is 2.16.